The zero-order valence-corrected chi connectivity index (χ0v) is 12.9. The van der Waals surface area contributed by atoms with Crippen molar-refractivity contribution in [2.45, 2.75) is 18.9 Å². The predicted molar refractivity (Wildman–Crippen MR) is 75.4 cm³/mol. The van der Waals surface area contributed by atoms with E-state index in [2.05, 4.69) is 15.9 Å². The van der Waals surface area contributed by atoms with Crippen molar-refractivity contribution in [3.05, 3.63) is 34.3 Å². The molecular weight excluding hydrogens is 316 g/mol. The second-order valence-corrected chi connectivity index (χ2v) is 7.53. The van der Waals surface area contributed by atoms with E-state index < -0.39 is 10.2 Å². The van der Waals surface area contributed by atoms with Crippen molar-refractivity contribution < 1.29 is 8.42 Å². The van der Waals surface area contributed by atoms with E-state index in [0.717, 1.165) is 22.9 Å². The number of hydrogen-bond donors (Lipinski definition) is 0. The topological polar surface area (TPSA) is 40.6 Å². The first-order chi connectivity index (χ1) is 8.44. The number of benzene rings is 1. The SMILES string of the molecule is CN(C)S(=O)(=O)N1CCC[C@@H]1c1ccccc1Br. The third kappa shape index (κ3) is 2.47. The monoisotopic (exact) mass is 332 g/mol. The maximum Gasteiger partial charge on any atom is 0.282 e. The molecule has 2 rings (SSSR count). The molecule has 0 radical (unpaired) electrons. The molecule has 1 aliphatic rings. The fourth-order valence-electron chi connectivity index (χ4n) is 2.28. The fraction of sp³-hybridized carbons (Fsp3) is 0.500. The number of nitrogens with zero attached hydrogens (tertiary/aromatic N) is 2. The Hall–Kier alpha value is -0.430. The van der Waals surface area contributed by atoms with E-state index in [1.807, 2.05) is 24.3 Å². The molecule has 100 valence electrons. The van der Waals surface area contributed by atoms with Crippen LogP contribution in [-0.4, -0.2) is 37.7 Å². The van der Waals surface area contributed by atoms with Crippen molar-refractivity contribution in [2.24, 2.45) is 0 Å². The van der Waals surface area contributed by atoms with Gasteiger partial charge in [0.05, 0.1) is 6.04 Å². The molecule has 6 heteroatoms. The van der Waals surface area contributed by atoms with Crippen LogP contribution in [-0.2, 0) is 10.2 Å². The van der Waals surface area contributed by atoms with Crippen molar-refractivity contribution >= 4 is 26.1 Å². The third-order valence-electron chi connectivity index (χ3n) is 3.23. The van der Waals surface area contributed by atoms with Crippen molar-refractivity contribution in [1.29, 1.82) is 0 Å². The van der Waals surface area contributed by atoms with Gasteiger partial charge in [0.25, 0.3) is 10.2 Å². The summed E-state index contributed by atoms with van der Waals surface area (Å²) in [4.78, 5) is 0. The first kappa shape index (κ1) is 14.0. The molecule has 0 aromatic heterocycles. The van der Waals surface area contributed by atoms with Crippen LogP contribution >= 0.6 is 15.9 Å². The summed E-state index contributed by atoms with van der Waals surface area (Å²) < 4.78 is 28.4. The predicted octanol–water partition coefficient (Wildman–Crippen LogP) is 2.39. The van der Waals surface area contributed by atoms with E-state index in [4.69, 9.17) is 0 Å². The minimum Gasteiger partial charge on any atom is -0.195 e. The zero-order valence-electron chi connectivity index (χ0n) is 10.5. The molecule has 0 unspecified atom stereocenters. The maximum atomic E-state index is 12.3. The van der Waals surface area contributed by atoms with E-state index in [9.17, 15) is 8.42 Å². The number of rotatable bonds is 3. The summed E-state index contributed by atoms with van der Waals surface area (Å²) in [6.45, 7) is 0.590. The van der Waals surface area contributed by atoms with Crippen LogP contribution < -0.4 is 0 Å². The van der Waals surface area contributed by atoms with E-state index in [-0.39, 0.29) is 6.04 Å². The van der Waals surface area contributed by atoms with Gasteiger partial charge >= 0.3 is 0 Å². The fourth-order valence-corrected chi connectivity index (χ4v) is 4.15. The average molecular weight is 333 g/mol. The normalized spacial score (nSPS) is 21.7. The van der Waals surface area contributed by atoms with Gasteiger partial charge in [-0.1, -0.05) is 34.1 Å². The second kappa shape index (κ2) is 5.28. The van der Waals surface area contributed by atoms with Crippen LogP contribution in [0, 0.1) is 0 Å². The molecule has 0 aliphatic carbocycles. The molecule has 1 atom stereocenters. The standard InChI is InChI=1S/C12H17BrN2O2S/c1-14(2)18(16,17)15-9-5-8-12(15)10-6-3-4-7-11(10)13/h3-4,6-7,12H,5,8-9H2,1-2H3/t12-/m1/s1. The lowest BCUT2D eigenvalue weighted by Gasteiger charge is -2.27. The minimum absolute atomic E-state index is 0.0621. The number of hydrogen-bond acceptors (Lipinski definition) is 2. The van der Waals surface area contributed by atoms with Crippen molar-refractivity contribution in [3.8, 4) is 0 Å². The van der Waals surface area contributed by atoms with Gasteiger partial charge in [-0.15, -0.1) is 0 Å². The first-order valence-corrected chi connectivity index (χ1v) is 8.07. The summed E-state index contributed by atoms with van der Waals surface area (Å²) >= 11 is 3.50. The van der Waals surface area contributed by atoms with Crippen LogP contribution in [0.15, 0.2) is 28.7 Å². The van der Waals surface area contributed by atoms with Crippen LogP contribution in [0.4, 0.5) is 0 Å². The molecule has 1 aliphatic heterocycles. The Balaban J connectivity index is 2.38. The summed E-state index contributed by atoms with van der Waals surface area (Å²) in [5.74, 6) is 0. The summed E-state index contributed by atoms with van der Waals surface area (Å²) in [6, 6.07) is 7.76. The lowest BCUT2D eigenvalue weighted by molar-refractivity contribution is 0.362. The Morgan fingerprint density at radius 1 is 1.33 bits per heavy atom. The molecule has 1 aromatic rings. The average Bonchev–Trinajstić information content (AvgIpc) is 2.78. The molecular formula is C12H17BrN2O2S. The summed E-state index contributed by atoms with van der Waals surface area (Å²) in [5, 5.41) is 0. The smallest absolute Gasteiger partial charge is 0.195 e. The molecule has 1 saturated heterocycles. The first-order valence-electron chi connectivity index (χ1n) is 5.88. The highest BCUT2D eigenvalue weighted by Crippen LogP contribution is 2.37. The van der Waals surface area contributed by atoms with Gasteiger partial charge in [-0.05, 0) is 24.5 Å². The summed E-state index contributed by atoms with van der Waals surface area (Å²) in [6.07, 6.45) is 1.77. The molecule has 1 aromatic carbocycles. The highest BCUT2D eigenvalue weighted by molar-refractivity contribution is 9.10. The van der Waals surface area contributed by atoms with Gasteiger partial charge in [0.2, 0.25) is 0 Å². The number of halogens is 1. The molecule has 0 bridgehead atoms. The van der Waals surface area contributed by atoms with Gasteiger partial charge in [-0.3, -0.25) is 0 Å². The van der Waals surface area contributed by atoms with E-state index in [0.29, 0.717) is 6.54 Å². The largest absolute Gasteiger partial charge is 0.282 e. The van der Waals surface area contributed by atoms with Crippen LogP contribution in [0.3, 0.4) is 0 Å². The lowest BCUT2D eigenvalue weighted by atomic mass is 10.1. The van der Waals surface area contributed by atoms with E-state index in [1.165, 1.54) is 4.31 Å². The molecule has 1 heterocycles. The molecule has 0 amide bonds. The zero-order chi connectivity index (χ0) is 13.3. The van der Waals surface area contributed by atoms with Crippen molar-refractivity contribution in [3.63, 3.8) is 0 Å². The Morgan fingerprint density at radius 3 is 2.61 bits per heavy atom. The van der Waals surface area contributed by atoms with Crippen LogP contribution in [0.25, 0.3) is 0 Å². The Morgan fingerprint density at radius 2 is 2.00 bits per heavy atom. The van der Waals surface area contributed by atoms with E-state index in [1.54, 1.807) is 18.4 Å². The summed E-state index contributed by atoms with van der Waals surface area (Å²) in [7, 11) is -0.197. The van der Waals surface area contributed by atoms with Gasteiger partial charge in [-0.2, -0.15) is 17.0 Å². The van der Waals surface area contributed by atoms with Crippen LogP contribution in [0.2, 0.25) is 0 Å². The molecule has 0 N–H and O–H groups in total. The molecule has 0 saturated carbocycles. The molecule has 4 nitrogen and oxygen atoms in total. The van der Waals surface area contributed by atoms with Gasteiger partial charge in [-0.25, -0.2) is 0 Å². The van der Waals surface area contributed by atoms with Crippen molar-refractivity contribution in [2.75, 3.05) is 20.6 Å². The minimum atomic E-state index is -3.34. The van der Waals surface area contributed by atoms with Gasteiger partial charge in [0.15, 0.2) is 0 Å². The Kier molecular flexibility index (Phi) is 4.11. The molecule has 18 heavy (non-hydrogen) atoms. The highest BCUT2D eigenvalue weighted by atomic mass is 79.9. The van der Waals surface area contributed by atoms with Crippen LogP contribution in [0.5, 0.6) is 0 Å². The third-order valence-corrected chi connectivity index (χ3v) is 5.90. The summed E-state index contributed by atoms with van der Waals surface area (Å²) in [5.41, 5.74) is 1.04. The Labute approximate surface area is 117 Å². The molecule has 0 spiro atoms. The van der Waals surface area contributed by atoms with Gasteiger partial charge in [0.1, 0.15) is 0 Å². The van der Waals surface area contributed by atoms with Gasteiger partial charge in [0, 0.05) is 25.1 Å². The quantitative estimate of drug-likeness (QED) is 0.852. The maximum absolute atomic E-state index is 12.3. The highest BCUT2D eigenvalue weighted by Gasteiger charge is 2.36. The molecule has 1 fully saturated rings. The van der Waals surface area contributed by atoms with Crippen molar-refractivity contribution in [1.82, 2.24) is 8.61 Å². The Bertz CT molecular complexity index is 531. The van der Waals surface area contributed by atoms with E-state index >= 15 is 0 Å². The second-order valence-electron chi connectivity index (χ2n) is 4.58. The lowest BCUT2D eigenvalue weighted by Crippen LogP contribution is -2.39. The van der Waals surface area contributed by atoms with Gasteiger partial charge < -0.3 is 0 Å². The van der Waals surface area contributed by atoms with Crippen LogP contribution in [0.1, 0.15) is 24.4 Å².